The molecule has 0 saturated carbocycles. The van der Waals surface area contributed by atoms with Crippen LogP contribution in [0.15, 0.2) is 22.9 Å². The largest absolute Gasteiger partial charge is 0.332 e. The monoisotopic (exact) mass is 331 g/mol. The fraction of sp³-hybridized carbons (Fsp3) is 0.385. The summed E-state index contributed by atoms with van der Waals surface area (Å²) in [5, 5.41) is 4.78. The van der Waals surface area contributed by atoms with E-state index in [1.54, 1.807) is 11.3 Å². The van der Waals surface area contributed by atoms with Gasteiger partial charge in [0, 0.05) is 23.2 Å². The molecule has 7 heteroatoms. The molecule has 2 aromatic heterocycles. The molecule has 2 aromatic rings. The molecule has 2 rings (SSSR count). The molecular weight excluding hydrogens is 314 g/mol. The van der Waals surface area contributed by atoms with Crippen molar-refractivity contribution in [1.82, 2.24) is 9.88 Å². The second-order valence-electron chi connectivity index (χ2n) is 4.06. The minimum atomic E-state index is -0.00424. The second-order valence-corrected chi connectivity index (χ2v) is 6.04. The highest BCUT2D eigenvalue weighted by atomic mass is 35.5. The number of hydrogen-bond acceptors (Lipinski definition) is 5. The number of thiazole rings is 1. The number of aromatic nitrogens is 1. The van der Waals surface area contributed by atoms with E-state index < -0.39 is 0 Å². The van der Waals surface area contributed by atoms with Crippen molar-refractivity contribution >= 4 is 41.0 Å². The third-order valence-electron chi connectivity index (χ3n) is 2.72. The first kappa shape index (κ1) is 17.1. The van der Waals surface area contributed by atoms with E-state index in [0.717, 1.165) is 11.4 Å². The number of carbonyl (C=O) groups is 1. The molecule has 0 spiro atoms. The number of carbonyl (C=O) groups excluding carboxylic acids is 1. The lowest BCUT2D eigenvalue weighted by Gasteiger charge is -2.18. The maximum absolute atomic E-state index is 12.4. The molecule has 0 aliphatic rings. The van der Waals surface area contributed by atoms with Gasteiger partial charge >= 0.3 is 0 Å². The molecule has 0 unspecified atom stereocenters. The Balaban J connectivity index is 0.00000200. The van der Waals surface area contributed by atoms with E-state index in [1.165, 1.54) is 16.2 Å². The number of hydrogen-bond donors (Lipinski definition) is 1. The van der Waals surface area contributed by atoms with Crippen LogP contribution >= 0.6 is 35.1 Å². The van der Waals surface area contributed by atoms with E-state index in [9.17, 15) is 4.79 Å². The molecule has 0 saturated heterocycles. The Hall–Kier alpha value is -0.950. The van der Waals surface area contributed by atoms with E-state index in [2.05, 4.69) is 4.98 Å². The van der Waals surface area contributed by atoms with Crippen LogP contribution in [-0.2, 0) is 13.0 Å². The lowest BCUT2D eigenvalue weighted by atomic mass is 10.3. The Bertz CT molecular complexity index is 527. The molecule has 0 bridgehead atoms. The molecule has 20 heavy (non-hydrogen) atoms. The van der Waals surface area contributed by atoms with Gasteiger partial charge in [0.2, 0.25) is 0 Å². The molecule has 1 amide bonds. The molecular formula is C13H18ClN3OS2. The number of nitrogens with two attached hydrogens (primary N) is 1. The quantitative estimate of drug-likeness (QED) is 0.885. The molecule has 0 radical (unpaired) electrons. The van der Waals surface area contributed by atoms with Gasteiger partial charge in [-0.15, -0.1) is 35.1 Å². The smallest absolute Gasteiger partial charge is 0.273 e. The summed E-state index contributed by atoms with van der Waals surface area (Å²) < 4.78 is 0. The van der Waals surface area contributed by atoms with Gasteiger partial charge in [-0.1, -0.05) is 6.07 Å². The summed E-state index contributed by atoms with van der Waals surface area (Å²) >= 11 is 3.17. The van der Waals surface area contributed by atoms with Crippen molar-refractivity contribution in [2.45, 2.75) is 19.9 Å². The predicted octanol–water partition coefficient (Wildman–Crippen LogP) is 2.79. The number of rotatable bonds is 6. The number of halogens is 1. The highest BCUT2D eigenvalue weighted by Crippen LogP contribution is 2.16. The first-order valence-corrected chi connectivity index (χ1v) is 7.96. The fourth-order valence-corrected chi connectivity index (χ4v) is 3.23. The van der Waals surface area contributed by atoms with Crippen molar-refractivity contribution in [3.63, 3.8) is 0 Å². The fourth-order valence-electron chi connectivity index (χ4n) is 1.73. The van der Waals surface area contributed by atoms with Crippen molar-refractivity contribution in [3.8, 4) is 0 Å². The Morgan fingerprint density at radius 1 is 1.45 bits per heavy atom. The van der Waals surface area contributed by atoms with Gasteiger partial charge < -0.3 is 10.6 Å². The summed E-state index contributed by atoms with van der Waals surface area (Å²) in [5.41, 5.74) is 6.03. The van der Waals surface area contributed by atoms with E-state index in [-0.39, 0.29) is 18.3 Å². The Labute approximate surface area is 133 Å². The van der Waals surface area contributed by atoms with Gasteiger partial charge in [-0.05, 0) is 24.9 Å². The van der Waals surface area contributed by atoms with Gasteiger partial charge in [0.05, 0.1) is 11.6 Å². The van der Waals surface area contributed by atoms with E-state index in [0.29, 0.717) is 25.3 Å². The molecule has 0 aromatic carbocycles. The van der Waals surface area contributed by atoms with Crippen molar-refractivity contribution in [3.05, 3.63) is 38.5 Å². The molecule has 2 heterocycles. The predicted molar refractivity (Wildman–Crippen MR) is 86.9 cm³/mol. The summed E-state index contributed by atoms with van der Waals surface area (Å²) in [7, 11) is 0. The lowest BCUT2D eigenvalue weighted by molar-refractivity contribution is 0.0749. The maximum atomic E-state index is 12.4. The van der Waals surface area contributed by atoms with Crippen LogP contribution in [-0.4, -0.2) is 28.9 Å². The standard InChI is InChI=1S/C13H17N3OS2.ClH/c1-2-16(8-10-4-3-7-18-10)13(17)11-9-19-12(15-11)5-6-14;/h3-4,7,9H,2,5-6,8,14H2,1H3;1H. The van der Waals surface area contributed by atoms with Crippen LogP contribution in [0.5, 0.6) is 0 Å². The summed E-state index contributed by atoms with van der Waals surface area (Å²) in [6.45, 7) is 3.88. The van der Waals surface area contributed by atoms with Gasteiger partial charge in [0.1, 0.15) is 5.69 Å². The topological polar surface area (TPSA) is 59.2 Å². The third-order valence-corrected chi connectivity index (χ3v) is 4.49. The first-order chi connectivity index (χ1) is 9.24. The third kappa shape index (κ3) is 4.28. The molecule has 0 aliphatic heterocycles. The first-order valence-electron chi connectivity index (χ1n) is 6.20. The number of amides is 1. The molecule has 4 nitrogen and oxygen atoms in total. The lowest BCUT2D eigenvalue weighted by Crippen LogP contribution is -2.30. The van der Waals surface area contributed by atoms with Gasteiger partial charge in [-0.25, -0.2) is 4.98 Å². The Kier molecular flexibility index (Phi) is 7.15. The average Bonchev–Trinajstić information content (AvgIpc) is 3.06. The van der Waals surface area contributed by atoms with Crippen molar-refractivity contribution < 1.29 is 4.79 Å². The Morgan fingerprint density at radius 2 is 2.25 bits per heavy atom. The number of nitrogens with zero attached hydrogens (tertiary/aromatic N) is 2. The zero-order valence-electron chi connectivity index (χ0n) is 11.2. The van der Waals surface area contributed by atoms with Crippen molar-refractivity contribution in [2.75, 3.05) is 13.1 Å². The van der Waals surface area contributed by atoms with Crippen molar-refractivity contribution in [2.24, 2.45) is 5.73 Å². The van der Waals surface area contributed by atoms with E-state index in [4.69, 9.17) is 5.73 Å². The van der Waals surface area contributed by atoms with E-state index >= 15 is 0 Å². The summed E-state index contributed by atoms with van der Waals surface area (Å²) in [4.78, 5) is 19.7. The van der Waals surface area contributed by atoms with Gasteiger partial charge in [0.25, 0.3) is 5.91 Å². The summed E-state index contributed by atoms with van der Waals surface area (Å²) in [5.74, 6) is -0.00424. The second kappa shape index (κ2) is 8.36. The Morgan fingerprint density at radius 3 is 2.85 bits per heavy atom. The zero-order chi connectivity index (χ0) is 13.7. The van der Waals surface area contributed by atoms with Crippen LogP contribution < -0.4 is 5.73 Å². The van der Waals surface area contributed by atoms with Crippen LogP contribution in [0.2, 0.25) is 0 Å². The van der Waals surface area contributed by atoms with Crippen LogP contribution in [0.4, 0.5) is 0 Å². The molecule has 2 N–H and O–H groups in total. The molecule has 0 atom stereocenters. The van der Waals surface area contributed by atoms with E-state index in [1.807, 2.05) is 34.7 Å². The highest BCUT2D eigenvalue weighted by Gasteiger charge is 2.17. The minimum absolute atomic E-state index is 0. The molecule has 110 valence electrons. The van der Waals surface area contributed by atoms with Crippen LogP contribution in [0, 0.1) is 0 Å². The SMILES string of the molecule is CCN(Cc1cccs1)C(=O)c1csc(CCN)n1.Cl. The zero-order valence-corrected chi connectivity index (χ0v) is 13.7. The molecule has 0 aliphatic carbocycles. The summed E-state index contributed by atoms with van der Waals surface area (Å²) in [6.07, 6.45) is 0.731. The van der Waals surface area contributed by atoms with Crippen LogP contribution in [0.3, 0.4) is 0 Å². The van der Waals surface area contributed by atoms with Gasteiger partial charge in [-0.3, -0.25) is 4.79 Å². The summed E-state index contributed by atoms with van der Waals surface area (Å²) in [6, 6.07) is 4.04. The minimum Gasteiger partial charge on any atom is -0.332 e. The average molecular weight is 332 g/mol. The van der Waals surface area contributed by atoms with Crippen molar-refractivity contribution in [1.29, 1.82) is 0 Å². The van der Waals surface area contributed by atoms with Crippen LogP contribution in [0.25, 0.3) is 0 Å². The maximum Gasteiger partial charge on any atom is 0.273 e. The van der Waals surface area contributed by atoms with Crippen LogP contribution in [0.1, 0.15) is 27.3 Å². The van der Waals surface area contributed by atoms with Gasteiger partial charge in [-0.2, -0.15) is 0 Å². The number of thiophene rings is 1. The van der Waals surface area contributed by atoms with Gasteiger partial charge in [0.15, 0.2) is 0 Å². The molecule has 0 fully saturated rings. The normalized spacial score (nSPS) is 10.1. The highest BCUT2D eigenvalue weighted by molar-refractivity contribution is 7.10.